The van der Waals surface area contributed by atoms with Crippen molar-refractivity contribution >= 4 is 34.5 Å². The van der Waals surface area contributed by atoms with E-state index >= 15 is 0 Å². The quantitative estimate of drug-likeness (QED) is 0.192. The van der Waals surface area contributed by atoms with Crippen LogP contribution in [0.15, 0.2) is 84.9 Å². The van der Waals surface area contributed by atoms with E-state index < -0.39 is 11.8 Å². The summed E-state index contributed by atoms with van der Waals surface area (Å²) >= 11 is 6.10. The number of carbonyl (C=O) groups excluding carboxylic acids is 1. The highest BCUT2D eigenvalue weighted by Gasteiger charge is 2.16. The molecule has 5 aromatic rings. The van der Waals surface area contributed by atoms with Gasteiger partial charge >= 0.3 is 5.97 Å². The number of nitrogens with one attached hydrogen (secondary N) is 1. The van der Waals surface area contributed by atoms with Gasteiger partial charge in [-0.05, 0) is 91.1 Å². The van der Waals surface area contributed by atoms with E-state index in [1.165, 1.54) is 24.3 Å². The summed E-state index contributed by atoms with van der Waals surface area (Å²) in [5, 5.41) is 12.6. The van der Waals surface area contributed by atoms with Crippen LogP contribution in [0.4, 0.5) is 8.78 Å². The van der Waals surface area contributed by atoms with Gasteiger partial charge in [0.1, 0.15) is 11.6 Å². The van der Waals surface area contributed by atoms with Crippen LogP contribution in [0.2, 0.25) is 5.02 Å². The van der Waals surface area contributed by atoms with Gasteiger partial charge in [-0.15, -0.1) is 0 Å². The predicted molar refractivity (Wildman–Crippen MR) is 157 cm³/mol. The van der Waals surface area contributed by atoms with Gasteiger partial charge in [0.2, 0.25) is 0 Å². The van der Waals surface area contributed by atoms with Crippen molar-refractivity contribution in [1.29, 1.82) is 0 Å². The molecule has 9 heteroatoms. The van der Waals surface area contributed by atoms with E-state index in [-0.39, 0.29) is 24.2 Å². The monoisotopic (exact) mass is 585 g/mol. The van der Waals surface area contributed by atoms with Gasteiger partial charge in [-0.1, -0.05) is 41.9 Å². The van der Waals surface area contributed by atoms with Crippen molar-refractivity contribution < 1.29 is 23.5 Å². The molecule has 0 spiro atoms. The van der Waals surface area contributed by atoms with E-state index in [0.29, 0.717) is 57.0 Å². The van der Waals surface area contributed by atoms with E-state index in [9.17, 15) is 18.4 Å². The number of aromatic nitrogens is 2. The molecule has 6 nitrogen and oxygen atoms in total. The molecule has 1 atom stereocenters. The number of carbonyl (C=O) groups is 2. The van der Waals surface area contributed by atoms with Crippen LogP contribution in [0.1, 0.15) is 45.7 Å². The molecule has 0 aliphatic carbocycles. The topological polar surface area (TPSA) is 92.2 Å². The number of nitrogens with zero attached hydrogens (tertiary/aromatic N) is 2. The molecule has 0 fully saturated rings. The Hall–Kier alpha value is -4.69. The van der Waals surface area contributed by atoms with Crippen molar-refractivity contribution in [2.24, 2.45) is 0 Å². The van der Waals surface area contributed by atoms with Crippen molar-refractivity contribution in [2.45, 2.75) is 32.2 Å². The van der Waals surface area contributed by atoms with Gasteiger partial charge in [0.25, 0.3) is 5.91 Å². The lowest BCUT2D eigenvalue weighted by Crippen LogP contribution is -2.26. The fourth-order valence-corrected chi connectivity index (χ4v) is 4.89. The molecule has 2 N–H and O–H groups in total. The third-order valence-corrected chi connectivity index (χ3v) is 7.11. The lowest BCUT2D eigenvalue weighted by Gasteiger charge is -2.15. The average Bonchev–Trinajstić information content (AvgIpc) is 2.95. The van der Waals surface area contributed by atoms with Crippen molar-refractivity contribution in [2.75, 3.05) is 0 Å². The molecule has 1 amide bonds. The minimum atomic E-state index is -1.04. The van der Waals surface area contributed by atoms with Gasteiger partial charge in [-0.25, -0.2) is 18.7 Å². The number of aryl methyl sites for hydroxylation is 2. The summed E-state index contributed by atoms with van der Waals surface area (Å²) in [5.74, 6) is -2.21. The number of aliphatic carboxylic acids is 1. The molecule has 0 saturated heterocycles. The van der Waals surface area contributed by atoms with Crippen LogP contribution >= 0.6 is 11.6 Å². The summed E-state index contributed by atoms with van der Waals surface area (Å²) in [6.07, 6.45) is 0.497. The zero-order chi connectivity index (χ0) is 29.8. The van der Waals surface area contributed by atoms with Crippen molar-refractivity contribution in [3.05, 3.63) is 130 Å². The minimum Gasteiger partial charge on any atom is -0.481 e. The van der Waals surface area contributed by atoms with Crippen molar-refractivity contribution in [3.63, 3.8) is 0 Å². The Morgan fingerprint density at radius 3 is 2.26 bits per heavy atom. The zero-order valence-corrected chi connectivity index (χ0v) is 23.3. The molecule has 4 aromatic carbocycles. The molecule has 0 aliphatic heterocycles. The van der Waals surface area contributed by atoms with Crippen LogP contribution in [-0.4, -0.2) is 27.0 Å². The summed E-state index contributed by atoms with van der Waals surface area (Å²) in [5.41, 5.74) is 5.32. The second kappa shape index (κ2) is 12.4. The Morgan fingerprint density at radius 1 is 0.833 bits per heavy atom. The molecule has 0 aliphatic rings. The molecule has 0 radical (unpaired) electrons. The number of rotatable bonds is 9. The largest absolute Gasteiger partial charge is 0.481 e. The third kappa shape index (κ3) is 6.95. The average molecular weight is 586 g/mol. The Balaban J connectivity index is 1.46. The maximum atomic E-state index is 14.2. The zero-order valence-electron chi connectivity index (χ0n) is 22.6. The van der Waals surface area contributed by atoms with Crippen LogP contribution in [-0.2, 0) is 24.1 Å². The first-order valence-corrected chi connectivity index (χ1v) is 13.7. The number of hydrogen-bond acceptors (Lipinski definition) is 4. The van der Waals surface area contributed by atoms with Crippen molar-refractivity contribution in [3.8, 4) is 11.3 Å². The molecular weight excluding hydrogens is 560 g/mol. The van der Waals surface area contributed by atoms with Gasteiger partial charge in [-0.2, -0.15) is 0 Å². The smallest absolute Gasteiger partial charge is 0.307 e. The fourth-order valence-electron chi connectivity index (χ4n) is 4.76. The van der Waals surface area contributed by atoms with Crippen LogP contribution in [0.3, 0.4) is 0 Å². The second-order valence-corrected chi connectivity index (χ2v) is 10.5. The number of carboxylic acids is 1. The number of fused-ring (bicyclic) bond motifs is 1. The summed E-state index contributed by atoms with van der Waals surface area (Å²) in [6.45, 7) is 1.82. The van der Waals surface area contributed by atoms with Gasteiger partial charge in [-0.3, -0.25) is 9.59 Å². The number of halogens is 3. The van der Waals surface area contributed by atoms with Gasteiger partial charge in [0.15, 0.2) is 0 Å². The summed E-state index contributed by atoms with van der Waals surface area (Å²) < 4.78 is 27.5. The molecule has 0 bridgehead atoms. The number of hydrogen-bond donors (Lipinski definition) is 2. The first kappa shape index (κ1) is 28.8. The molecule has 212 valence electrons. The Labute approximate surface area is 246 Å². The normalized spacial score (nSPS) is 11.8. The number of carboxylic acid groups (broad SMARTS) is 1. The summed E-state index contributed by atoms with van der Waals surface area (Å²) in [4.78, 5) is 33.9. The minimum absolute atomic E-state index is 0.277. The number of benzene rings is 4. The van der Waals surface area contributed by atoms with Crippen LogP contribution in [0.5, 0.6) is 0 Å². The second-order valence-electron chi connectivity index (χ2n) is 10.0. The Morgan fingerprint density at radius 2 is 1.55 bits per heavy atom. The maximum Gasteiger partial charge on any atom is 0.307 e. The molecule has 42 heavy (non-hydrogen) atoms. The van der Waals surface area contributed by atoms with Crippen molar-refractivity contribution in [1.82, 2.24) is 15.3 Å². The lowest BCUT2D eigenvalue weighted by molar-refractivity contribution is -0.136. The summed E-state index contributed by atoms with van der Waals surface area (Å²) in [7, 11) is 0. The van der Waals surface area contributed by atoms with Crippen LogP contribution in [0, 0.1) is 11.6 Å². The van der Waals surface area contributed by atoms with Crippen LogP contribution < -0.4 is 5.32 Å². The van der Waals surface area contributed by atoms with Gasteiger partial charge in [0.05, 0.1) is 34.9 Å². The standard InChI is InChI=1S/C33H26ClF2N3O3/c1-19(22-5-10-26(35)11-6-22)37-33(42)24-7-13-28-30(18-24)38-29(32(39-28)23-3-8-25(34)9-4-23)12-2-20-14-21(17-31(40)41)16-27(36)15-20/h3-11,13-16,18-19H,2,12,17H2,1H3,(H,37,42)(H,40,41). The fraction of sp³-hybridized carbons (Fsp3) is 0.152. The Kier molecular flexibility index (Phi) is 8.54. The van der Waals surface area contributed by atoms with E-state index in [0.717, 1.165) is 11.1 Å². The molecule has 5 rings (SSSR count). The lowest BCUT2D eigenvalue weighted by atomic mass is 10.0. The third-order valence-electron chi connectivity index (χ3n) is 6.86. The van der Waals surface area contributed by atoms with E-state index in [2.05, 4.69) is 5.32 Å². The molecule has 1 aromatic heterocycles. The highest BCUT2D eigenvalue weighted by Crippen LogP contribution is 2.27. The Bertz CT molecular complexity index is 1780. The van der Waals surface area contributed by atoms with E-state index in [4.69, 9.17) is 26.7 Å². The number of amides is 1. The highest BCUT2D eigenvalue weighted by molar-refractivity contribution is 6.30. The predicted octanol–water partition coefficient (Wildman–Crippen LogP) is 7.13. The van der Waals surface area contributed by atoms with Crippen LogP contribution in [0.25, 0.3) is 22.3 Å². The molecular formula is C33H26ClF2N3O3. The first-order chi connectivity index (χ1) is 20.1. The SMILES string of the molecule is CC(NC(=O)c1ccc2nc(-c3ccc(Cl)cc3)c(CCc3cc(F)cc(CC(=O)O)c3)nc2c1)c1ccc(F)cc1. The van der Waals surface area contributed by atoms with E-state index in [1.807, 2.05) is 19.1 Å². The molecule has 0 saturated carbocycles. The molecule has 1 heterocycles. The van der Waals surface area contributed by atoms with Gasteiger partial charge in [0, 0.05) is 16.1 Å². The first-order valence-electron chi connectivity index (χ1n) is 13.3. The van der Waals surface area contributed by atoms with E-state index in [1.54, 1.807) is 48.5 Å². The summed E-state index contributed by atoms with van der Waals surface area (Å²) in [6, 6.07) is 22.1. The maximum absolute atomic E-state index is 14.2. The highest BCUT2D eigenvalue weighted by atomic mass is 35.5. The van der Waals surface area contributed by atoms with Gasteiger partial charge < -0.3 is 10.4 Å². The molecule has 1 unspecified atom stereocenters.